The summed E-state index contributed by atoms with van der Waals surface area (Å²) in [5.74, 6) is -0.800. The number of hydrogen-bond acceptors (Lipinski definition) is 2. The van der Waals surface area contributed by atoms with Gasteiger partial charge in [-0.25, -0.2) is 12.8 Å². The second-order valence-electron chi connectivity index (χ2n) is 6.97. The molecule has 0 saturated carbocycles. The van der Waals surface area contributed by atoms with Gasteiger partial charge in [-0.3, -0.25) is 4.72 Å². The van der Waals surface area contributed by atoms with E-state index in [4.69, 9.17) is 0 Å². The molecule has 0 aliphatic rings. The van der Waals surface area contributed by atoms with Crippen LogP contribution >= 0.6 is 0 Å². The van der Waals surface area contributed by atoms with Crippen molar-refractivity contribution in [1.29, 1.82) is 0 Å². The first-order chi connectivity index (χ1) is 11.7. The molecule has 0 unspecified atom stereocenters. The topological polar surface area (TPSA) is 46.2 Å². The van der Waals surface area contributed by atoms with Crippen LogP contribution in [-0.2, 0) is 21.6 Å². The molecule has 26 heavy (non-hydrogen) atoms. The Labute approximate surface area is 150 Å². The van der Waals surface area contributed by atoms with Gasteiger partial charge in [0.15, 0.2) is 5.82 Å². The molecule has 3 nitrogen and oxygen atoms in total. The van der Waals surface area contributed by atoms with Gasteiger partial charge in [-0.2, -0.15) is 13.2 Å². The largest absolute Gasteiger partial charge is 0.417 e. The van der Waals surface area contributed by atoms with Crippen LogP contribution in [-0.4, -0.2) is 8.42 Å². The lowest BCUT2D eigenvalue weighted by molar-refractivity contribution is -0.139. The van der Waals surface area contributed by atoms with E-state index in [0.29, 0.717) is 17.2 Å². The molecule has 0 radical (unpaired) electrons. The van der Waals surface area contributed by atoms with Crippen molar-refractivity contribution in [2.75, 3.05) is 4.72 Å². The van der Waals surface area contributed by atoms with Gasteiger partial charge in [-0.05, 0) is 41.7 Å². The molecule has 0 aliphatic heterocycles. The summed E-state index contributed by atoms with van der Waals surface area (Å²) in [6.07, 6.45) is -4.85. The third-order valence-electron chi connectivity index (χ3n) is 3.83. The summed E-state index contributed by atoms with van der Waals surface area (Å²) in [7, 11) is -4.63. The summed E-state index contributed by atoms with van der Waals surface area (Å²) in [5, 5.41) is 0. The first-order valence-electron chi connectivity index (χ1n) is 7.74. The second-order valence-corrected chi connectivity index (χ2v) is 8.62. The Morgan fingerprint density at radius 3 is 2.08 bits per heavy atom. The number of nitrogens with one attached hydrogen (secondary N) is 1. The number of anilines is 1. The maximum Gasteiger partial charge on any atom is 0.417 e. The van der Waals surface area contributed by atoms with Crippen LogP contribution in [0.15, 0.2) is 41.3 Å². The maximum atomic E-state index is 14.9. The SMILES string of the molecule is Cc1ccc(NS(=O)(=O)c2ccccc2C(F)(F)F)c(F)c1C(C)(C)C. The Hall–Kier alpha value is -2.09. The molecule has 1 N–H and O–H groups in total. The number of sulfonamides is 1. The fraction of sp³-hybridized carbons (Fsp3) is 0.333. The van der Waals surface area contributed by atoms with Crippen molar-refractivity contribution in [1.82, 2.24) is 0 Å². The minimum absolute atomic E-state index is 0.293. The molecule has 0 amide bonds. The number of halogens is 4. The molecule has 0 spiro atoms. The highest BCUT2D eigenvalue weighted by Crippen LogP contribution is 2.36. The van der Waals surface area contributed by atoms with Crippen LogP contribution in [0.3, 0.4) is 0 Å². The molecule has 142 valence electrons. The first kappa shape index (κ1) is 20.2. The maximum absolute atomic E-state index is 14.9. The minimum atomic E-state index is -4.85. The van der Waals surface area contributed by atoms with Crippen molar-refractivity contribution < 1.29 is 26.0 Å². The van der Waals surface area contributed by atoms with Crippen LogP contribution in [0.1, 0.15) is 37.5 Å². The fourth-order valence-corrected chi connectivity index (χ4v) is 4.10. The number of benzene rings is 2. The number of rotatable bonds is 3. The Morgan fingerprint density at radius 1 is 0.962 bits per heavy atom. The summed E-state index contributed by atoms with van der Waals surface area (Å²) in [4.78, 5) is -0.954. The van der Waals surface area contributed by atoms with Crippen molar-refractivity contribution in [3.63, 3.8) is 0 Å². The Kier molecular flexibility index (Phi) is 5.11. The standard InChI is InChI=1S/C18H19F4NO2S/c1-11-9-10-13(16(19)15(11)17(2,3)4)23-26(24,25)14-8-6-5-7-12(14)18(20,21)22/h5-10,23H,1-4H3. The van der Waals surface area contributed by atoms with E-state index >= 15 is 0 Å². The molecule has 0 atom stereocenters. The highest BCUT2D eigenvalue weighted by Gasteiger charge is 2.37. The highest BCUT2D eigenvalue weighted by molar-refractivity contribution is 7.92. The molecule has 8 heteroatoms. The summed E-state index contributed by atoms with van der Waals surface area (Å²) >= 11 is 0. The highest BCUT2D eigenvalue weighted by atomic mass is 32.2. The lowest BCUT2D eigenvalue weighted by Crippen LogP contribution is -2.21. The average molecular weight is 389 g/mol. The molecule has 0 aromatic heterocycles. The summed E-state index contributed by atoms with van der Waals surface area (Å²) < 4.78 is 81.1. The van der Waals surface area contributed by atoms with Crippen LogP contribution in [0.2, 0.25) is 0 Å². The predicted octanol–water partition coefficient (Wildman–Crippen LogP) is 5.25. The van der Waals surface area contributed by atoms with Crippen molar-refractivity contribution in [2.24, 2.45) is 0 Å². The lowest BCUT2D eigenvalue weighted by Gasteiger charge is -2.24. The van der Waals surface area contributed by atoms with Crippen LogP contribution in [0.4, 0.5) is 23.2 Å². The fourth-order valence-electron chi connectivity index (χ4n) is 2.81. The van der Waals surface area contributed by atoms with Crippen LogP contribution in [0.25, 0.3) is 0 Å². The van der Waals surface area contributed by atoms with E-state index in [2.05, 4.69) is 0 Å². The molecule has 2 aromatic rings. The van der Waals surface area contributed by atoms with Gasteiger partial charge < -0.3 is 0 Å². The zero-order valence-electron chi connectivity index (χ0n) is 14.7. The number of alkyl halides is 3. The van der Waals surface area contributed by atoms with Gasteiger partial charge in [0, 0.05) is 0 Å². The van der Waals surface area contributed by atoms with Crippen molar-refractivity contribution in [3.8, 4) is 0 Å². The molecule has 0 heterocycles. The van der Waals surface area contributed by atoms with E-state index in [1.807, 2.05) is 4.72 Å². The van der Waals surface area contributed by atoms with Gasteiger partial charge in [0.1, 0.15) is 0 Å². The molecule has 0 aliphatic carbocycles. The second kappa shape index (κ2) is 6.57. The van der Waals surface area contributed by atoms with Crippen molar-refractivity contribution >= 4 is 15.7 Å². The third kappa shape index (κ3) is 4.00. The van der Waals surface area contributed by atoms with E-state index in [0.717, 1.165) is 12.1 Å². The van der Waals surface area contributed by atoms with Gasteiger partial charge >= 0.3 is 6.18 Å². The Bertz CT molecular complexity index is 929. The van der Waals surface area contributed by atoms with Gasteiger partial charge in [-0.15, -0.1) is 0 Å². The zero-order chi connectivity index (χ0) is 19.9. The van der Waals surface area contributed by atoms with Crippen LogP contribution in [0, 0.1) is 12.7 Å². The molecular formula is C18H19F4NO2S. The molecule has 0 fully saturated rings. The van der Waals surface area contributed by atoms with E-state index in [1.54, 1.807) is 27.7 Å². The molecule has 0 saturated heterocycles. The Balaban J connectivity index is 2.57. The van der Waals surface area contributed by atoms with E-state index in [9.17, 15) is 26.0 Å². The molecule has 2 aromatic carbocycles. The van der Waals surface area contributed by atoms with Crippen LogP contribution in [0.5, 0.6) is 0 Å². The van der Waals surface area contributed by atoms with Gasteiger partial charge in [0.2, 0.25) is 0 Å². The number of hydrogen-bond donors (Lipinski definition) is 1. The van der Waals surface area contributed by atoms with Crippen molar-refractivity contribution in [3.05, 3.63) is 58.9 Å². The molecular weight excluding hydrogens is 370 g/mol. The molecule has 0 bridgehead atoms. The predicted molar refractivity (Wildman–Crippen MR) is 92.1 cm³/mol. The first-order valence-corrected chi connectivity index (χ1v) is 9.22. The summed E-state index contributed by atoms with van der Waals surface area (Å²) in [6, 6.07) is 6.50. The quantitative estimate of drug-likeness (QED) is 0.729. The van der Waals surface area contributed by atoms with E-state index < -0.39 is 43.6 Å². The van der Waals surface area contributed by atoms with Gasteiger partial charge in [0.25, 0.3) is 10.0 Å². The summed E-state index contributed by atoms with van der Waals surface area (Å²) in [6.45, 7) is 6.96. The number of aryl methyl sites for hydroxylation is 1. The lowest BCUT2D eigenvalue weighted by atomic mass is 9.83. The Morgan fingerprint density at radius 2 is 1.54 bits per heavy atom. The molecule has 2 rings (SSSR count). The average Bonchev–Trinajstić information content (AvgIpc) is 2.48. The monoisotopic (exact) mass is 389 g/mol. The zero-order valence-corrected chi connectivity index (χ0v) is 15.5. The van der Waals surface area contributed by atoms with Gasteiger partial charge in [-0.1, -0.05) is 39.0 Å². The van der Waals surface area contributed by atoms with Crippen molar-refractivity contribution in [2.45, 2.75) is 44.2 Å². The van der Waals surface area contributed by atoms with E-state index in [1.165, 1.54) is 18.2 Å². The smallest absolute Gasteiger partial charge is 0.277 e. The third-order valence-corrected chi connectivity index (χ3v) is 5.25. The summed E-state index contributed by atoms with van der Waals surface area (Å²) in [5.41, 5.74) is -1.40. The van der Waals surface area contributed by atoms with Gasteiger partial charge in [0.05, 0.1) is 16.1 Å². The van der Waals surface area contributed by atoms with Crippen LogP contribution < -0.4 is 4.72 Å². The minimum Gasteiger partial charge on any atom is -0.277 e. The normalized spacial score (nSPS) is 12.9. The van der Waals surface area contributed by atoms with E-state index in [-0.39, 0.29) is 0 Å².